The molecule has 0 heterocycles. The zero-order valence-electron chi connectivity index (χ0n) is 11.4. The number of carboxylic acid groups (broad SMARTS) is 1. The molecule has 1 rings (SSSR count). The van der Waals surface area contributed by atoms with Crippen LogP contribution in [0.25, 0.3) is 0 Å². The minimum atomic E-state index is -1.54. The number of carboxylic acids is 1. The van der Waals surface area contributed by atoms with E-state index in [1.807, 2.05) is 0 Å². The Morgan fingerprint density at radius 1 is 1.48 bits per heavy atom. The van der Waals surface area contributed by atoms with Crippen molar-refractivity contribution < 1.29 is 24.0 Å². The first kappa shape index (κ1) is 16.3. The van der Waals surface area contributed by atoms with E-state index in [-0.39, 0.29) is 18.8 Å². The zero-order chi connectivity index (χ0) is 16.2. The molecule has 0 fully saturated rings. The van der Waals surface area contributed by atoms with Gasteiger partial charge in [-0.05, 0) is 13.0 Å². The van der Waals surface area contributed by atoms with Gasteiger partial charge in [0.1, 0.15) is 11.5 Å². The van der Waals surface area contributed by atoms with Crippen LogP contribution in [-0.2, 0) is 4.79 Å². The fraction of sp³-hybridized carbons (Fsp3) is 0.333. The number of halogens is 1. The fourth-order valence-corrected chi connectivity index (χ4v) is 1.73. The second-order valence-corrected chi connectivity index (χ2v) is 4.07. The molecule has 0 aliphatic carbocycles. The first-order valence-corrected chi connectivity index (χ1v) is 5.98. The summed E-state index contributed by atoms with van der Waals surface area (Å²) >= 11 is 0. The van der Waals surface area contributed by atoms with Crippen molar-refractivity contribution in [2.45, 2.75) is 6.92 Å². The van der Waals surface area contributed by atoms with E-state index < -0.39 is 33.9 Å². The van der Waals surface area contributed by atoms with Gasteiger partial charge in [-0.15, -0.1) is 0 Å². The van der Waals surface area contributed by atoms with Gasteiger partial charge in [-0.3, -0.25) is 14.9 Å². The van der Waals surface area contributed by atoms with Crippen LogP contribution >= 0.6 is 0 Å². The van der Waals surface area contributed by atoms with Crippen LogP contribution in [0.3, 0.4) is 0 Å². The number of nitro benzene ring substituents is 1. The first-order valence-electron chi connectivity index (χ1n) is 5.98. The van der Waals surface area contributed by atoms with Gasteiger partial charge in [0.2, 0.25) is 5.91 Å². The summed E-state index contributed by atoms with van der Waals surface area (Å²) in [5, 5.41) is 22.2. The maximum absolute atomic E-state index is 13.6. The lowest BCUT2D eigenvalue weighted by atomic mass is 10.1. The molecular weight excluding hydrogens is 285 g/mol. The second kappa shape index (κ2) is 6.64. The number of nitro groups is 1. The lowest BCUT2D eigenvalue weighted by Crippen LogP contribution is -2.36. The molecule has 0 saturated carbocycles. The molecule has 0 saturated heterocycles. The van der Waals surface area contributed by atoms with Gasteiger partial charge in [0.05, 0.1) is 23.1 Å². The fourth-order valence-electron chi connectivity index (χ4n) is 1.73. The van der Waals surface area contributed by atoms with Crippen molar-refractivity contribution in [3.8, 4) is 0 Å². The summed E-state index contributed by atoms with van der Waals surface area (Å²) in [6.07, 6.45) is 0. The van der Waals surface area contributed by atoms with Crippen LogP contribution in [0.5, 0.6) is 0 Å². The third-order valence-corrected chi connectivity index (χ3v) is 2.83. The molecule has 2 N–H and O–H groups in total. The van der Waals surface area contributed by atoms with E-state index in [1.54, 1.807) is 6.92 Å². The Labute approximate surface area is 119 Å². The molecule has 0 aliphatic heterocycles. The minimum Gasteiger partial charge on any atom is -0.478 e. The molecule has 0 aromatic heterocycles. The highest BCUT2D eigenvalue weighted by Gasteiger charge is 2.25. The minimum absolute atomic E-state index is 0.120. The Hall–Kier alpha value is -2.71. The number of nitrogens with one attached hydrogen (secondary N) is 1. The Bertz CT molecular complexity index is 591. The summed E-state index contributed by atoms with van der Waals surface area (Å²) in [4.78, 5) is 33.8. The Morgan fingerprint density at radius 2 is 2.10 bits per heavy atom. The van der Waals surface area contributed by atoms with Gasteiger partial charge >= 0.3 is 5.97 Å². The number of amides is 1. The number of anilines is 1. The highest BCUT2D eigenvalue weighted by atomic mass is 19.1. The van der Waals surface area contributed by atoms with Gasteiger partial charge in [-0.25, -0.2) is 9.18 Å². The molecule has 0 atom stereocenters. The number of hydrogen-bond acceptors (Lipinski definition) is 5. The monoisotopic (exact) mass is 299 g/mol. The molecule has 0 aliphatic rings. The van der Waals surface area contributed by atoms with Gasteiger partial charge in [-0.2, -0.15) is 0 Å². The van der Waals surface area contributed by atoms with E-state index in [4.69, 9.17) is 5.11 Å². The van der Waals surface area contributed by atoms with Gasteiger partial charge in [0, 0.05) is 13.6 Å². The van der Waals surface area contributed by atoms with E-state index in [0.29, 0.717) is 6.07 Å². The van der Waals surface area contributed by atoms with Crippen molar-refractivity contribution in [3.05, 3.63) is 33.6 Å². The molecule has 0 unspecified atom stereocenters. The van der Waals surface area contributed by atoms with Gasteiger partial charge in [0.25, 0.3) is 5.69 Å². The van der Waals surface area contributed by atoms with Crippen LogP contribution in [0.4, 0.5) is 15.8 Å². The predicted octanol–water partition coefficient (Wildman–Crippen LogP) is 1.00. The molecule has 0 bridgehead atoms. The van der Waals surface area contributed by atoms with Crippen molar-refractivity contribution in [2.24, 2.45) is 0 Å². The summed E-state index contributed by atoms with van der Waals surface area (Å²) in [5.41, 5.74) is -1.40. The second-order valence-electron chi connectivity index (χ2n) is 4.07. The lowest BCUT2D eigenvalue weighted by molar-refractivity contribution is -0.384. The Kier molecular flexibility index (Phi) is 5.17. The molecule has 1 amide bonds. The van der Waals surface area contributed by atoms with E-state index >= 15 is 0 Å². The Morgan fingerprint density at radius 3 is 2.52 bits per heavy atom. The lowest BCUT2D eigenvalue weighted by Gasteiger charge is -2.22. The first-order chi connectivity index (χ1) is 9.81. The van der Waals surface area contributed by atoms with E-state index in [9.17, 15) is 24.1 Å². The summed E-state index contributed by atoms with van der Waals surface area (Å²) < 4.78 is 13.6. The number of nitrogens with zero attached hydrogens (tertiary/aromatic N) is 2. The molecule has 1 aromatic rings. The SMILES string of the molecule is CCN(CC(=O)NC)c1cc(C(=O)O)c(F)cc1[N+](=O)[O-]. The van der Waals surface area contributed by atoms with E-state index in [1.165, 1.54) is 11.9 Å². The van der Waals surface area contributed by atoms with Crippen LogP contribution in [0, 0.1) is 15.9 Å². The number of rotatable bonds is 6. The normalized spacial score (nSPS) is 10.0. The molecule has 114 valence electrons. The van der Waals surface area contributed by atoms with Crippen molar-refractivity contribution in [1.29, 1.82) is 0 Å². The largest absolute Gasteiger partial charge is 0.478 e. The molecule has 1 aromatic carbocycles. The van der Waals surface area contributed by atoms with Gasteiger partial charge in [-0.1, -0.05) is 0 Å². The quantitative estimate of drug-likeness (QED) is 0.598. The number of carbonyl (C=O) groups is 2. The molecular formula is C12H14FN3O5. The van der Waals surface area contributed by atoms with Gasteiger partial charge in [0.15, 0.2) is 0 Å². The van der Waals surface area contributed by atoms with Crippen molar-refractivity contribution in [2.75, 3.05) is 25.0 Å². The van der Waals surface area contributed by atoms with E-state index in [0.717, 1.165) is 6.07 Å². The summed E-state index contributed by atoms with van der Waals surface area (Å²) in [6, 6.07) is 1.41. The topological polar surface area (TPSA) is 113 Å². The van der Waals surface area contributed by atoms with Crippen LogP contribution in [0.2, 0.25) is 0 Å². The summed E-state index contributed by atoms with van der Waals surface area (Å²) in [6.45, 7) is 1.63. The van der Waals surface area contributed by atoms with Crippen molar-refractivity contribution in [3.63, 3.8) is 0 Å². The van der Waals surface area contributed by atoms with Crippen LogP contribution in [0.1, 0.15) is 17.3 Å². The third kappa shape index (κ3) is 3.65. The molecule has 21 heavy (non-hydrogen) atoms. The van der Waals surface area contributed by atoms with E-state index in [2.05, 4.69) is 5.32 Å². The number of hydrogen-bond donors (Lipinski definition) is 2. The molecule has 9 heteroatoms. The standard InChI is InChI=1S/C12H14FN3O5/c1-3-15(6-11(17)14-2)9-4-7(12(18)19)8(13)5-10(9)16(20)21/h4-5H,3,6H2,1-2H3,(H,14,17)(H,18,19). The van der Waals surface area contributed by atoms with Crippen molar-refractivity contribution in [1.82, 2.24) is 5.32 Å². The average Bonchev–Trinajstić information content (AvgIpc) is 2.43. The number of aromatic carboxylic acids is 1. The van der Waals surface area contributed by atoms with Crippen LogP contribution in [-0.4, -0.2) is 42.0 Å². The predicted molar refractivity (Wildman–Crippen MR) is 72.0 cm³/mol. The van der Waals surface area contributed by atoms with Crippen LogP contribution in [0.15, 0.2) is 12.1 Å². The summed E-state index contributed by atoms with van der Waals surface area (Å²) in [7, 11) is 1.40. The Balaban J connectivity index is 3.41. The highest BCUT2D eigenvalue weighted by molar-refractivity contribution is 5.91. The smallest absolute Gasteiger partial charge is 0.338 e. The van der Waals surface area contributed by atoms with Gasteiger partial charge < -0.3 is 15.3 Å². The highest BCUT2D eigenvalue weighted by Crippen LogP contribution is 2.31. The maximum atomic E-state index is 13.6. The maximum Gasteiger partial charge on any atom is 0.338 e. The molecule has 0 radical (unpaired) electrons. The van der Waals surface area contributed by atoms with Crippen molar-refractivity contribution >= 4 is 23.3 Å². The average molecular weight is 299 g/mol. The van der Waals surface area contributed by atoms with Crippen LogP contribution < -0.4 is 10.2 Å². The zero-order valence-corrected chi connectivity index (χ0v) is 11.4. The number of carbonyl (C=O) groups excluding carboxylic acids is 1. The third-order valence-electron chi connectivity index (χ3n) is 2.83. The summed E-state index contributed by atoms with van der Waals surface area (Å²) in [5.74, 6) is -3.15. The number of likely N-dealkylation sites (N-methyl/N-ethyl adjacent to an activating group) is 2. The molecule has 8 nitrogen and oxygen atoms in total. The molecule has 0 spiro atoms. The number of benzene rings is 1.